The molecule has 0 spiro atoms. The standard InChI is InChI=1S/C28H34BrNO4/c1-2-3-4-5-9-12-26(32)34-20-19-30(27(33)23-10-7-6-8-11-23)28(17-18-28)21-25(31)22-13-15-24(29)16-14-22/h6-8,10-11,13-16H,2-5,9,12,17-21H2,1H3. The van der Waals surface area contributed by atoms with Crippen molar-refractivity contribution in [1.82, 2.24) is 4.90 Å². The first kappa shape index (κ1) is 26.1. The van der Waals surface area contributed by atoms with Gasteiger partial charge in [0.1, 0.15) is 6.61 Å². The maximum atomic E-state index is 13.4. The monoisotopic (exact) mass is 527 g/mol. The molecule has 1 aliphatic carbocycles. The highest BCUT2D eigenvalue weighted by Gasteiger charge is 2.51. The van der Waals surface area contributed by atoms with E-state index in [2.05, 4.69) is 22.9 Å². The van der Waals surface area contributed by atoms with E-state index in [0.29, 0.717) is 17.5 Å². The molecule has 6 heteroatoms. The zero-order chi connectivity index (χ0) is 24.4. The Morgan fingerprint density at radius 1 is 0.912 bits per heavy atom. The van der Waals surface area contributed by atoms with Gasteiger partial charge in [-0.1, -0.05) is 78.9 Å². The van der Waals surface area contributed by atoms with E-state index in [4.69, 9.17) is 4.74 Å². The van der Waals surface area contributed by atoms with Crippen LogP contribution in [0.5, 0.6) is 0 Å². The number of unbranched alkanes of at least 4 members (excludes halogenated alkanes) is 4. The van der Waals surface area contributed by atoms with Crippen LogP contribution in [-0.2, 0) is 9.53 Å². The van der Waals surface area contributed by atoms with Gasteiger partial charge in [-0.2, -0.15) is 0 Å². The van der Waals surface area contributed by atoms with E-state index in [-0.39, 0.29) is 37.2 Å². The zero-order valence-electron chi connectivity index (χ0n) is 19.9. The summed E-state index contributed by atoms with van der Waals surface area (Å²) in [6, 6.07) is 16.4. The van der Waals surface area contributed by atoms with E-state index < -0.39 is 5.54 Å². The molecule has 0 heterocycles. The number of hydrogen-bond donors (Lipinski definition) is 0. The topological polar surface area (TPSA) is 63.7 Å². The first-order valence-electron chi connectivity index (χ1n) is 12.3. The van der Waals surface area contributed by atoms with Gasteiger partial charge in [0.15, 0.2) is 5.78 Å². The van der Waals surface area contributed by atoms with Crippen molar-refractivity contribution in [2.45, 2.75) is 70.3 Å². The summed E-state index contributed by atoms with van der Waals surface area (Å²) in [6.45, 7) is 2.58. The fourth-order valence-electron chi connectivity index (χ4n) is 4.21. The molecule has 1 amide bonds. The van der Waals surface area contributed by atoms with Gasteiger partial charge in [-0.05, 0) is 43.5 Å². The Morgan fingerprint density at radius 3 is 2.24 bits per heavy atom. The summed E-state index contributed by atoms with van der Waals surface area (Å²) in [5.41, 5.74) is 0.687. The number of rotatable bonds is 14. The molecule has 0 bridgehead atoms. The lowest BCUT2D eigenvalue weighted by molar-refractivity contribution is -0.144. The normalized spacial score (nSPS) is 13.8. The van der Waals surface area contributed by atoms with Crippen LogP contribution < -0.4 is 0 Å². The summed E-state index contributed by atoms with van der Waals surface area (Å²) in [5.74, 6) is -0.336. The van der Waals surface area contributed by atoms with Crippen LogP contribution in [0.4, 0.5) is 0 Å². The lowest BCUT2D eigenvalue weighted by Gasteiger charge is -2.32. The van der Waals surface area contributed by atoms with Crippen molar-refractivity contribution in [3.63, 3.8) is 0 Å². The quantitative estimate of drug-likeness (QED) is 0.157. The molecule has 1 aliphatic rings. The molecule has 0 N–H and O–H groups in total. The second-order valence-electron chi connectivity index (χ2n) is 9.04. The smallest absolute Gasteiger partial charge is 0.305 e. The molecule has 1 fully saturated rings. The van der Waals surface area contributed by atoms with Gasteiger partial charge in [0.25, 0.3) is 5.91 Å². The number of esters is 1. The molecule has 5 nitrogen and oxygen atoms in total. The third-order valence-corrected chi connectivity index (χ3v) is 6.91. The molecule has 2 aromatic rings. The summed E-state index contributed by atoms with van der Waals surface area (Å²) in [5, 5.41) is 0. The number of nitrogens with zero attached hydrogens (tertiary/aromatic N) is 1. The van der Waals surface area contributed by atoms with Gasteiger partial charge in [-0.25, -0.2) is 0 Å². The van der Waals surface area contributed by atoms with Crippen LogP contribution in [0.1, 0.15) is 85.4 Å². The number of Topliss-reactive ketones (excluding diaryl/α,β-unsaturated/α-hetero) is 1. The first-order chi connectivity index (χ1) is 16.4. The molecule has 0 atom stereocenters. The number of carbonyl (C=O) groups excluding carboxylic acids is 3. The van der Waals surface area contributed by atoms with Crippen molar-refractivity contribution in [3.05, 3.63) is 70.2 Å². The molecule has 0 saturated heterocycles. The zero-order valence-corrected chi connectivity index (χ0v) is 21.5. The van der Waals surface area contributed by atoms with Gasteiger partial charge in [0.05, 0.1) is 12.1 Å². The average Bonchev–Trinajstić information content (AvgIpc) is 3.62. The molecule has 0 unspecified atom stereocenters. The van der Waals surface area contributed by atoms with Crippen LogP contribution in [0.25, 0.3) is 0 Å². The number of ketones is 1. The third kappa shape index (κ3) is 7.52. The van der Waals surface area contributed by atoms with Gasteiger partial charge >= 0.3 is 5.97 Å². The van der Waals surface area contributed by atoms with Crippen LogP contribution >= 0.6 is 15.9 Å². The molecule has 34 heavy (non-hydrogen) atoms. The predicted molar refractivity (Wildman–Crippen MR) is 137 cm³/mol. The maximum Gasteiger partial charge on any atom is 0.305 e. The fraction of sp³-hybridized carbons (Fsp3) is 0.464. The van der Waals surface area contributed by atoms with Gasteiger partial charge in [-0.15, -0.1) is 0 Å². The van der Waals surface area contributed by atoms with Crippen molar-refractivity contribution in [1.29, 1.82) is 0 Å². The van der Waals surface area contributed by atoms with E-state index >= 15 is 0 Å². The number of amides is 1. The van der Waals surface area contributed by atoms with Crippen molar-refractivity contribution in [2.24, 2.45) is 0 Å². The van der Waals surface area contributed by atoms with E-state index in [9.17, 15) is 14.4 Å². The molecule has 2 aromatic carbocycles. The SMILES string of the molecule is CCCCCCCC(=O)OCCN(C(=O)c1ccccc1)C1(CC(=O)c2ccc(Br)cc2)CC1. The Balaban J connectivity index is 1.63. The van der Waals surface area contributed by atoms with Gasteiger partial charge in [0, 0.05) is 28.4 Å². The molecule has 0 aliphatic heterocycles. The second kappa shape index (κ2) is 12.8. The van der Waals surface area contributed by atoms with Crippen molar-refractivity contribution < 1.29 is 19.1 Å². The van der Waals surface area contributed by atoms with Gasteiger partial charge in [-0.3, -0.25) is 14.4 Å². The number of hydrogen-bond acceptors (Lipinski definition) is 4. The van der Waals surface area contributed by atoms with Gasteiger partial charge < -0.3 is 9.64 Å². The minimum Gasteiger partial charge on any atom is -0.464 e. The summed E-state index contributed by atoms with van der Waals surface area (Å²) in [4.78, 5) is 40.3. The molecule has 182 valence electrons. The Kier molecular flexibility index (Phi) is 9.87. The van der Waals surface area contributed by atoms with Crippen molar-refractivity contribution >= 4 is 33.6 Å². The van der Waals surface area contributed by atoms with Crippen molar-refractivity contribution in [2.75, 3.05) is 13.2 Å². The molecule has 1 saturated carbocycles. The fourth-order valence-corrected chi connectivity index (χ4v) is 4.47. The number of halogens is 1. The average molecular weight is 528 g/mol. The van der Waals surface area contributed by atoms with E-state index in [1.165, 1.54) is 12.8 Å². The summed E-state index contributed by atoms with van der Waals surface area (Å²) >= 11 is 3.40. The Bertz CT molecular complexity index is 954. The highest BCUT2D eigenvalue weighted by atomic mass is 79.9. The molecular weight excluding hydrogens is 494 g/mol. The van der Waals surface area contributed by atoms with E-state index in [1.54, 1.807) is 29.2 Å². The van der Waals surface area contributed by atoms with E-state index in [1.807, 2.05) is 30.3 Å². The highest BCUT2D eigenvalue weighted by Crippen LogP contribution is 2.46. The molecule has 0 aromatic heterocycles. The lowest BCUT2D eigenvalue weighted by Crippen LogP contribution is -2.45. The second-order valence-corrected chi connectivity index (χ2v) is 9.95. The minimum absolute atomic E-state index is 0.0138. The molecular formula is C28H34BrNO4. The first-order valence-corrected chi connectivity index (χ1v) is 13.1. The number of ether oxygens (including phenoxy) is 1. The van der Waals surface area contributed by atoms with Crippen LogP contribution in [0.2, 0.25) is 0 Å². The van der Waals surface area contributed by atoms with Crippen LogP contribution in [0, 0.1) is 0 Å². The molecule has 3 rings (SSSR count). The van der Waals surface area contributed by atoms with Crippen LogP contribution in [0.3, 0.4) is 0 Å². The largest absolute Gasteiger partial charge is 0.464 e. The Morgan fingerprint density at radius 2 is 1.59 bits per heavy atom. The number of benzene rings is 2. The maximum absolute atomic E-state index is 13.4. The third-order valence-electron chi connectivity index (χ3n) is 6.38. The predicted octanol–water partition coefficient (Wildman–Crippen LogP) is 6.60. The summed E-state index contributed by atoms with van der Waals surface area (Å²) in [7, 11) is 0. The van der Waals surface area contributed by atoms with E-state index in [0.717, 1.165) is 36.6 Å². The summed E-state index contributed by atoms with van der Waals surface area (Å²) < 4.78 is 6.38. The lowest BCUT2D eigenvalue weighted by atomic mass is 10.00. The number of carbonyl (C=O) groups is 3. The minimum atomic E-state index is -0.524. The summed E-state index contributed by atoms with van der Waals surface area (Å²) in [6.07, 6.45) is 7.55. The Hall–Kier alpha value is -2.47. The molecule has 0 radical (unpaired) electrons. The highest BCUT2D eigenvalue weighted by molar-refractivity contribution is 9.10. The van der Waals surface area contributed by atoms with Gasteiger partial charge in [0.2, 0.25) is 0 Å². The van der Waals surface area contributed by atoms with Crippen molar-refractivity contribution in [3.8, 4) is 0 Å². The Labute approximate surface area is 211 Å². The van der Waals surface area contributed by atoms with Crippen LogP contribution in [0.15, 0.2) is 59.1 Å². The van der Waals surface area contributed by atoms with Crippen LogP contribution in [-0.4, -0.2) is 41.3 Å².